The lowest BCUT2D eigenvalue weighted by Crippen LogP contribution is -2.41. The first-order chi connectivity index (χ1) is 7.36. The lowest BCUT2D eigenvalue weighted by atomic mass is 10.1. The van der Waals surface area contributed by atoms with Gasteiger partial charge in [-0.25, -0.2) is 0 Å². The van der Waals surface area contributed by atoms with Crippen LogP contribution in [0.15, 0.2) is 0 Å². The summed E-state index contributed by atoms with van der Waals surface area (Å²) in [6, 6.07) is 0.579. The van der Waals surface area contributed by atoms with E-state index >= 15 is 0 Å². The molecule has 0 spiro atoms. The van der Waals surface area contributed by atoms with Crippen LogP contribution < -0.4 is 5.32 Å². The zero-order valence-electron chi connectivity index (χ0n) is 9.21. The van der Waals surface area contributed by atoms with E-state index in [1.54, 1.807) is 0 Å². The smallest absolute Gasteiger partial charge is 0.222 e. The summed E-state index contributed by atoms with van der Waals surface area (Å²) in [5, 5.41) is 3.42. The molecule has 0 unspecified atom stereocenters. The Morgan fingerprint density at radius 1 is 1.40 bits per heavy atom. The van der Waals surface area contributed by atoms with Gasteiger partial charge in [0.15, 0.2) is 0 Å². The van der Waals surface area contributed by atoms with Gasteiger partial charge in [0.1, 0.15) is 0 Å². The molecule has 0 aromatic rings. The van der Waals surface area contributed by atoms with Gasteiger partial charge in [0.25, 0.3) is 0 Å². The standard InChI is InChI=1S/C11H20N2O2/c14-11(13-6-8-15-9-7-13)4-3-10-2-1-5-12-10/h10,12H,1-9H2/t10-/m0/s1. The molecule has 2 heterocycles. The van der Waals surface area contributed by atoms with Gasteiger partial charge in [0.2, 0.25) is 5.91 Å². The van der Waals surface area contributed by atoms with Crippen LogP contribution in [0.3, 0.4) is 0 Å². The number of amides is 1. The van der Waals surface area contributed by atoms with E-state index < -0.39 is 0 Å². The summed E-state index contributed by atoms with van der Waals surface area (Å²) in [4.78, 5) is 13.7. The van der Waals surface area contributed by atoms with Gasteiger partial charge in [0.05, 0.1) is 13.2 Å². The van der Waals surface area contributed by atoms with Gasteiger partial charge in [0, 0.05) is 25.6 Å². The number of morpholine rings is 1. The van der Waals surface area contributed by atoms with Crippen LogP contribution in [0.1, 0.15) is 25.7 Å². The summed E-state index contributed by atoms with van der Waals surface area (Å²) in [6.07, 6.45) is 4.18. The molecule has 2 rings (SSSR count). The molecule has 0 aromatic heterocycles. The third-order valence-corrected chi connectivity index (χ3v) is 3.23. The zero-order valence-corrected chi connectivity index (χ0v) is 9.21. The second-order valence-corrected chi connectivity index (χ2v) is 4.33. The van der Waals surface area contributed by atoms with Crippen molar-refractivity contribution in [1.29, 1.82) is 0 Å². The van der Waals surface area contributed by atoms with E-state index in [0.29, 0.717) is 31.6 Å². The Balaban J connectivity index is 1.66. The first kappa shape index (κ1) is 10.9. The molecule has 2 saturated heterocycles. The minimum absolute atomic E-state index is 0.298. The van der Waals surface area contributed by atoms with E-state index in [-0.39, 0.29) is 0 Å². The summed E-state index contributed by atoms with van der Waals surface area (Å²) < 4.78 is 5.22. The predicted molar refractivity (Wildman–Crippen MR) is 57.7 cm³/mol. The van der Waals surface area contributed by atoms with Crippen LogP contribution in [0.2, 0.25) is 0 Å². The number of ether oxygens (including phenoxy) is 1. The SMILES string of the molecule is O=C(CC[C@@H]1CCCN1)N1CCOCC1. The van der Waals surface area contributed by atoms with Crippen LogP contribution in [0.4, 0.5) is 0 Å². The second-order valence-electron chi connectivity index (χ2n) is 4.33. The van der Waals surface area contributed by atoms with Gasteiger partial charge in [-0.1, -0.05) is 0 Å². The van der Waals surface area contributed by atoms with E-state index in [1.165, 1.54) is 12.8 Å². The predicted octanol–water partition coefficient (Wildman–Crippen LogP) is 0.377. The van der Waals surface area contributed by atoms with Crippen molar-refractivity contribution in [2.24, 2.45) is 0 Å². The number of carbonyl (C=O) groups excluding carboxylic acids is 1. The van der Waals surface area contributed by atoms with Crippen molar-refractivity contribution >= 4 is 5.91 Å². The Kier molecular flexibility index (Phi) is 3.97. The normalized spacial score (nSPS) is 26.9. The number of rotatable bonds is 3. The maximum Gasteiger partial charge on any atom is 0.222 e. The number of nitrogens with one attached hydrogen (secondary N) is 1. The number of hydrogen-bond acceptors (Lipinski definition) is 3. The molecule has 0 aromatic carbocycles. The second kappa shape index (κ2) is 5.47. The fourth-order valence-corrected chi connectivity index (χ4v) is 2.27. The molecular formula is C11H20N2O2. The Bertz CT molecular complexity index is 209. The molecule has 4 nitrogen and oxygen atoms in total. The van der Waals surface area contributed by atoms with E-state index in [4.69, 9.17) is 4.74 Å². The van der Waals surface area contributed by atoms with Crippen LogP contribution in [0.5, 0.6) is 0 Å². The molecule has 2 aliphatic rings. The van der Waals surface area contributed by atoms with Crippen LogP contribution in [-0.4, -0.2) is 49.7 Å². The highest BCUT2D eigenvalue weighted by molar-refractivity contribution is 5.76. The topological polar surface area (TPSA) is 41.6 Å². The molecule has 0 saturated carbocycles. The van der Waals surface area contributed by atoms with E-state index in [0.717, 1.165) is 26.1 Å². The minimum Gasteiger partial charge on any atom is -0.378 e. The maximum absolute atomic E-state index is 11.8. The van der Waals surface area contributed by atoms with Crippen LogP contribution in [0, 0.1) is 0 Å². The summed E-state index contributed by atoms with van der Waals surface area (Å²) >= 11 is 0. The fraction of sp³-hybridized carbons (Fsp3) is 0.909. The van der Waals surface area contributed by atoms with Crippen molar-refractivity contribution in [1.82, 2.24) is 10.2 Å². The Morgan fingerprint density at radius 3 is 2.87 bits per heavy atom. The van der Waals surface area contributed by atoms with E-state index in [1.807, 2.05) is 4.90 Å². The average Bonchev–Trinajstić information content (AvgIpc) is 2.80. The van der Waals surface area contributed by atoms with Gasteiger partial charge < -0.3 is 15.0 Å². The summed E-state index contributed by atoms with van der Waals surface area (Å²) in [6.45, 7) is 4.07. The third kappa shape index (κ3) is 3.18. The van der Waals surface area contributed by atoms with Gasteiger partial charge in [-0.2, -0.15) is 0 Å². The molecule has 1 amide bonds. The molecule has 1 atom stereocenters. The molecular weight excluding hydrogens is 192 g/mol. The third-order valence-electron chi connectivity index (χ3n) is 3.23. The molecule has 0 aliphatic carbocycles. The molecule has 0 radical (unpaired) electrons. The highest BCUT2D eigenvalue weighted by Gasteiger charge is 2.19. The fourth-order valence-electron chi connectivity index (χ4n) is 2.27. The van der Waals surface area contributed by atoms with Crippen molar-refractivity contribution in [2.45, 2.75) is 31.7 Å². The van der Waals surface area contributed by atoms with Gasteiger partial charge >= 0.3 is 0 Å². The lowest BCUT2D eigenvalue weighted by molar-refractivity contribution is -0.135. The van der Waals surface area contributed by atoms with Crippen molar-refractivity contribution in [3.05, 3.63) is 0 Å². The maximum atomic E-state index is 11.8. The van der Waals surface area contributed by atoms with Gasteiger partial charge in [-0.05, 0) is 25.8 Å². The van der Waals surface area contributed by atoms with Crippen molar-refractivity contribution in [2.75, 3.05) is 32.8 Å². The van der Waals surface area contributed by atoms with E-state index in [2.05, 4.69) is 5.32 Å². The van der Waals surface area contributed by atoms with E-state index in [9.17, 15) is 4.79 Å². The number of nitrogens with zero attached hydrogens (tertiary/aromatic N) is 1. The number of carbonyl (C=O) groups is 1. The summed E-state index contributed by atoms with van der Waals surface area (Å²) in [5.41, 5.74) is 0. The van der Waals surface area contributed by atoms with Gasteiger partial charge in [-0.3, -0.25) is 4.79 Å². The first-order valence-electron chi connectivity index (χ1n) is 5.95. The largest absolute Gasteiger partial charge is 0.378 e. The highest BCUT2D eigenvalue weighted by Crippen LogP contribution is 2.12. The highest BCUT2D eigenvalue weighted by atomic mass is 16.5. The first-order valence-corrected chi connectivity index (χ1v) is 5.95. The minimum atomic E-state index is 0.298. The molecule has 86 valence electrons. The molecule has 4 heteroatoms. The summed E-state index contributed by atoms with van der Waals surface area (Å²) in [7, 11) is 0. The monoisotopic (exact) mass is 212 g/mol. The molecule has 0 bridgehead atoms. The van der Waals surface area contributed by atoms with Gasteiger partial charge in [-0.15, -0.1) is 0 Å². The Labute approximate surface area is 91.0 Å². The van der Waals surface area contributed by atoms with Crippen LogP contribution in [0.25, 0.3) is 0 Å². The van der Waals surface area contributed by atoms with Crippen LogP contribution >= 0.6 is 0 Å². The molecule has 2 fully saturated rings. The van der Waals surface area contributed by atoms with Crippen LogP contribution in [-0.2, 0) is 9.53 Å². The Morgan fingerprint density at radius 2 is 2.20 bits per heavy atom. The van der Waals surface area contributed by atoms with Crippen molar-refractivity contribution in [3.63, 3.8) is 0 Å². The molecule has 2 aliphatic heterocycles. The quantitative estimate of drug-likeness (QED) is 0.735. The average molecular weight is 212 g/mol. The van der Waals surface area contributed by atoms with Crippen molar-refractivity contribution < 1.29 is 9.53 Å². The Hall–Kier alpha value is -0.610. The number of hydrogen-bond donors (Lipinski definition) is 1. The zero-order chi connectivity index (χ0) is 10.5. The summed E-state index contributed by atoms with van der Waals surface area (Å²) in [5.74, 6) is 0.298. The lowest BCUT2D eigenvalue weighted by Gasteiger charge is -2.27. The molecule has 1 N–H and O–H groups in total. The molecule has 15 heavy (non-hydrogen) atoms. The van der Waals surface area contributed by atoms with Crippen molar-refractivity contribution in [3.8, 4) is 0 Å².